The molecule has 0 radical (unpaired) electrons. The Hall–Kier alpha value is -1.06. The van der Waals surface area contributed by atoms with Crippen molar-refractivity contribution in [1.82, 2.24) is 10.2 Å². The molecule has 1 N–H and O–H groups in total. The van der Waals surface area contributed by atoms with Gasteiger partial charge >= 0.3 is 0 Å². The molecule has 0 spiro atoms. The molecule has 0 saturated carbocycles. The van der Waals surface area contributed by atoms with E-state index in [0.717, 1.165) is 13.0 Å². The third-order valence-electron chi connectivity index (χ3n) is 3.63. The van der Waals surface area contributed by atoms with E-state index in [2.05, 4.69) is 36.5 Å². The maximum Gasteiger partial charge on any atom is 0.236 e. The highest BCUT2D eigenvalue weighted by Crippen LogP contribution is 2.32. The molecule has 3 nitrogen and oxygen atoms in total. The van der Waals surface area contributed by atoms with Crippen LogP contribution in [-0.2, 0) is 4.79 Å². The molecular weight excluding hydrogens is 248 g/mol. The Balaban J connectivity index is 0.00000162. The Morgan fingerprint density at radius 3 is 2.67 bits per heavy atom. The lowest BCUT2D eigenvalue weighted by molar-refractivity contribution is -0.130. The second-order valence-corrected chi connectivity index (χ2v) is 4.66. The van der Waals surface area contributed by atoms with Crippen LogP contribution >= 0.6 is 12.4 Å². The fourth-order valence-corrected chi connectivity index (χ4v) is 2.69. The zero-order valence-corrected chi connectivity index (χ0v) is 11.7. The average molecular weight is 269 g/mol. The summed E-state index contributed by atoms with van der Waals surface area (Å²) in [6, 6.07) is 10.8. The molecule has 1 aromatic carbocycles. The summed E-state index contributed by atoms with van der Waals surface area (Å²) in [6.07, 6.45) is 1.07. The topological polar surface area (TPSA) is 32.3 Å². The Labute approximate surface area is 115 Å². The Morgan fingerprint density at radius 2 is 2.06 bits per heavy atom. The highest BCUT2D eigenvalue weighted by molar-refractivity contribution is 5.85. The number of amides is 1. The van der Waals surface area contributed by atoms with E-state index in [4.69, 9.17) is 0 Å². The van der Waals surface area contributed by atoms with E-state index in [-0.39, 0.29) is 18.3 Å². The molecule has 1 heterocycles. The Bertz CT molecular complexity index is 383. The summed E-state index contributed by atoms with van der Waals surface area (Å²) in [5.74, 6) is 0.690. The molecule has 1 amide bonds. The van der Waals surface area contributed by atoms with Crippen LogP contribution in [0.2, 0.25) is 0 Å². The number of nitrogens with zero attached hydrogens (tertiary/aromatic N) is 1. The highest BCUT2D eigenvalue weighted by atomic mass is 35.5. The Kier molecular flexibility index (Phi) is 5.63. The first-order chi connectivity index (χ1) is 8.24. The van der Waals surface area contributed by atoms with Crippen molar-refractivity contribution >= 4 is 18.3 Å². The number of carbonyl (C=O) groups is 1. The zero-order chi connectivity index (χ0) is 12.3. The second-order valence-electron chi connectivity index (χ2n) is 4.66. The van der Waals surface area contributed by atoms with Gasteiger partial charge < -0.3 is 10.2 Å². The molecule has 1 aromatic rings. The third kappa shape index (κ3) is 3.03. The molecule has 2 rings (SSSR count). The molecule has 1 fully saturated rings. The number of benzene rings is 1. The van der Waals surface area contributed by atoms with Crippen molar-refractivity contribution in [3.05, 3.63) is 35.9 Å². The van der Waals surface area contributed by atoms with Crippen molar-refractivity contribution in [1.29, 1.82) is 0 Å². The lowest BCUT2D eigenvalue weighted by Crippen LogP contribution is -2.40. The molecular formula is C14H21ClN2O. The van der Waals surface area contributed by atoms with Gasteiger partial charge in [0.15, 0.2) is 0 Å². The summed E-state index contributed by atoms with van der Waals surface area (Å²) in [5, 5.41) is 2.93. The first-order valence-corrected chi connectivity index (χ1v) is 6.23. The third-order valence-corrected chi connectivity index (χ3v) is 3.63. The largest absolute Gasteiger partial charge is 0.338 e. The monoisotopic (exact) mass is 268 g/mol. The molecule has 1 aliphatic rings. The summed E-state index contributed by atoms with van der Waals surface area (Å²) < 4.78 is 0. The van der Waals surface area contributed by atoms with Gasteiger partial charge in [-0.1, -0.05) is 30.3 Å². The molecule has 4 heteroatoms. The van der Waals surface area contributed by atoms with Crippen LogP contribution in [0, 0.1) is 0 Å². The number of likely N-dealkylation sites (N-methyl/N-ethyl adjacent to an activating group) is 1. The van der Waals surface area contributed by atoms with E-state index >= 15 is 0 Å². The van der Waals surface area contributed by atoms with Crippen molar-refractivity contribution in [2.45, 2.75) is 25.3 Å². The van der Waals surface area contributed by atoms with Crippen LogP contribution in [0.3, 0.4) is 0 Å². The molecule has 18 heavy (non-hydrogen) atoms. The highest BCUT2D eigenvalue weighted by Gasteiger charge is 2.33. The molecule has 2 unspecified atom stereocenters. The predicted octanol–water partition coefficient (Wildman–Crippen LogP) is 2.03. The van der Waals surface area contributed by atoms with Crippen molar-refractivity contribution in [3.8, 4) is 0 Å². The zero-order valence-electron chi connectivity index (χ0n) is 10.9. The minimum absolute atomic E-state index is 0. The van der Waals surface area contributed by atoms with Crippen LogP contribution in [0.1, 0.15) is 24.8 Å². The summed E-state index contributed by atoms with van der Waals surface area (Å²) in [5.41, 5.74) is 1.35. The van der Waals surface area contributed by atoms with E-state index < -0.39 is 0 Å². The van der Waals surface area contributed by atoms with Crippen LogP contribution in [0.15, 0.2) is 30.3 Å². The van der Waals surface area contributed by atoms with Gasteiger partial charge in [0.1, 0.15) is 0 Å². The smallest absolute Gasteiger partial charge is 0.236 e. The van der Waals surface area contributed by atoms with Gasteiger partial charge in [-0.2, -0.15) is 0 Å². The average Bonchev–Trinajstić information content (AvgIpc) is 2.72. The summed E-state index contributed by atoms with van der Waals surface area (Å²) in [4.78, 5) is 13.9. The van der Waals surface area contributed by atoms with Gasteiger partial charge in [0.25, 0.3) is 0 Å². The van der Waals surface area contributed by atoms with Gasteiger partial charge in [0, 0.05) is 18.5 Å². The normalized spacial score (nSPS) is 22.7. The lowest BCUT2D eigenvalue weighted by atomic mass is 9.93. The predicted molar refractivity (Wildman–Crippen MR) is 76.1 cm³/mol. The summed E-state index contributed by atoms with van der Waals surface area (Å²) >= 11 is 0. The van der Waals surface area contributed by atoms with E-state index in [1.54, 1.807) is 0 Å². The minimum Gasteiger partial charge on any atom is -0.338 e. The van der Waals surface area contributed by atoms with Gasteiger partial charge in [-0.15, -0.1) is 12.4 Å². The number of nitrogens with one attached hydrogen (secondary N) is 1. The molecule has 0 aromatic heterocycles. The van der Waals surface area contributed by atoms with Gasteiger partial charge in [-0.3, -0.25) is 4.79 Å². The van der Waals surface area contributed by atoms with Crippen LogP contribution < -0.4 is 5.32 Å². The van der Waals surface area contributed by atoms with Gasteiger partial charge in [-0.25, -0.2) is 0 Å². The van der Waals surface area contributed by atoms with E-state index in [0.29, 0.717) is 18.5 Å². The van der Waals surface area contributed by atoms with E-state index in [1.165, 1.54) is 5.56 Å². The maximum absolute atomic E-state index is 11.9. The van der Waals surface area contributed by atoms with Crippen molar-refractivity contribution in [3.63, 3.8) is 0 Å². The number of rotatable bonds is 3. The molecule has 0 bridgehead atoms. The quantitative estimate of drug-likeness (QED) is 0.910. The first kappa shape index (κ1) is 15.0. The summed E-state index contributed by atoms with van der Waals surface area (Å²) in [7, 11) is 1.81. The van der Waals surface area contributed by atoms with Gasteiger partial charge in [0.05, 0.1) is 6.54 Å². The summed E-state index contributed by atoms with van der Waals surface area (Å²) in [6.45, 7) is 3.46. The molecule has 2 atom stereocenters. The number of halogens is 1. The SMILES string of the molecule is CNCC(=O)N1CCC(c2ccccc2)C1C.Cl. The number of hydrogen-bond acceptors (Lipinski definition) is 2. The van der Waals surface area contributed by atoms with Crippen molar-refractivity contribution < 1.29 is 4.79 Å². The number of carbonyl (C=O) groups excluding carboxylic acids is 1. The molecule has 0 aliphatic carbocycles. The van der Waals surface area contributed by atoms with Gasteiger partial charge in [0.2, 0.25) is 5.91 Å². The fraction of sp³-hybridized carbons (Fsp3) is 0.500. The second kappa shape index (κ2) is 6.76. The van der Waals surface area contributed by atoms with Crippen molar-refractivity contribution in [2.24, 2.45) is 0 Å². The first-order valence-electron chi connectivity index (χ1n) is 6.23. The van der Waals surface area contributed by atoms with E-state index in [1.807, 2.05) is 18.0 Å². The van der Waals surface area contributed by atoms with E-state index in [9.17, 15) is 4.79 Å². The number of hydrogen-bond donors (Lipinski definition) is 1. The fourth-order valence-electron chi connectivity index (χ4n) is 2.69. The lowest BCUT2D eigenvalue weighted by Gasteiger charge is -2.25. The maximum atomic E-state index is 11.9. The van der Waals surface area contributed by atoms with Crippen LogP contribution in [-0.4, -0.2) is 37.0 Å². The van der Waals surface area contributed by atoms with Crippen molar-refractivity contribution in [2.75, 3.05) is 20.1 Å². The molecule has 1 saturated heterocycles. The molecule has 1 aliphatic heterocycles. The standard InChI is InChI=1S/C14H20N2O.ClH/c1-11-13(12-6-4-3-5-7-12)8-9-16(11)14(17)10-15-2;/h3-7,11,13,15H,8-10H2,1-2H3;1H. The van der Waals surface area contributed by atoms with Crippen LogP contribution in [0.4, 0.5) is 0 Å². The van der Waals surface area contributed by atoms with Gasteiger partial charge in [-0.05, 0) is 26.0 Å². The Morgan fingerprint density at radius 1 is 1.39 bits per heavy atom. The van der Waals surface area contributed by atoms with Crippen LogP contribution in [0.5, 0.6) is 0 Å². The minimum atomic E-state index is 0. The molecule has 100 valence electrons. The number of likely N-dealkylation sites (tertiary alicyclic amines) is 1. The van der Waals surface area contributed by atoms with Crippen LogP contribution in [0.25, 0.3) is 0 Å².